The van der Waals surface area contributed by atoms with Gasteiger partial charge in [-0.3, -0.25) is 19.5 Å². The highest BCUT2D eigenvalue weighted by atomic mass is 79.9. The molecule has 0 radical (unpaired) electrons. The molecule has 3 saturated heterocycles. The number of aromatic amines is 1. The number of aliphatic hydroxyl groups excluding tert-OH is 1. The quantitative estimate of drug-likeness (QED) is 0.0565. The normalized spacial score (nSPS) is 15.6. The zero-order chi connectivity index (χ0) is 81.9. The van der Waals surface area contributed by atoms with E-state index in [1.54, 1.807) is 63.6 Å². The van der Waals surface area contributed by atoms with Crippen molar-refractivity contribution in [3.05, 3.63) is 193 Å². The number of piperidine rings is 3. The predicted octanol–water partition coefficient (Wildman–Crippen LogP) is 20.4. The number of rotatable bonds is 19. The van der Waals surface area contributed by atoms with Crippen LogP contribution in [0.3, 0.4) is 0 Å². The number of carboxylic acid groups (broad SMARTS) is 1. The van der Waals surface area contributed by atoms with Crippen LogP contribution in [0.1, 0.15) is 123 Å². The molecule has 0 unspecified atom stereocenters. The Balaban J connectivity index is 0.000000159. The van der Waals surface area contributed by atoms with Gasteiger partial charge in [-0.15, -0.1) is 0 Å². The number of hydrogen-bond donors (Lipinski definition) is 4. The molecule has 8 heterocycles. The van der Waals surface area contributed by atoms with Crippen LogP contribution in [-0.2, 0) is 55.7 Å². The highest BCUT2D eigenvalue weighted by molar-refractivity contribution is 9.11. The third-order valence-electron chi connectivity index (χ3n) is 21.3. The first-order valence-electron chi connectivity index (χ1n) is 37.7. The Labute approximate surface area is 676 Å². The summed E-state index contributed by atoms with van der Waals surface area (Å²) in [5.41, 5.74) is 9.74. The number of nitrogens with one attached hydrogen (secondary N) is 2. The number of hydrogen-bond acceptors (Lipinski definition) is 10. The number of likely N-dealkylation sites (tertiary alicyclic amines) is 3. The van der Waals surface area contributed by atoms with E-state index in [1.165, 1.54) is 39.6 Å². The van der Waals surface area contributed by atoms with E-state index in [0.717, 1.165) is 88.9 Å². The van der Waals surface area contributed by atoms with Crippen molar-refractivity contribution in [3.63, 3.8) is 0 Å². The van der Waals surface area contributed by atoms with Crippen LogP contribution in [0.5, 0.6) is 11.8 Å². The van der Waals surface area contributed by atoms with Crippen molar-refractivity contribution < 1.29 is 77.2 Å². The minimum atomic E-state index is -4.14. The summed E-state index contributed by atoms with van der Waals surface area (Å²) < 4.78 is 162. The molecule has 0 bridgehead atoms. The van der Waals surface area contributed by atoms with Crippen molar-refractivity contribution in [2.75, 3.05) is 65.8 Å². The number of amides is 1. The second-order valence-electron chi connectivity index (χ2n) is 28.4. The first-order chi connectivity index (χ1) is 53.7. The van der Waals surface area contributed by atoms with E-state index in [2.05, 4.69) is 132 Å². The van der Waals surface area contributed by atoms with Gasteiger partial charge in [0, 0.05) is 143 Å². The predicted molar refractivity (Wildman–Crippen MR) is 436 cm³/mol. The number of H-pyrrole nitrogens is 1. The second-order valence-corrected chi connectivity index (χ2v) is 33.4. The topological polar surface area (TPSA) is 184 Å². The summed E-state index contributed by atoms with van der Waals surface area (Å²) in [4.78, 5) is 33.7. The fraction of sp³-hybridized carbons (Fsp3) is 0.422. The Morgan fingerprint density at radius 3 is 1.24 bits per heavy atom. The Morgan fingerprint density at radius 2 is 0.858 bits per heavy atom. The van der Waals surface area contributed by atoms with Crippen LogP contribution < -0.4 is 14.8 Å². The molecule has 0 spiro atoms. The van der Waals surface area contributed by atoms with Crippen molar-refractivity contribution >= 4 is 124 Å². The molecule has 3 aliphatic heterocycles. The number of aromatic carboxylic acids is 1. The van der Waals surface area contributed by atoms with E-state index < -0.39 is 58.1 Å². The number of benzene rings is 6. The lowest BCUT2D eigenvalue weighted by Gasteiger charge is -2.33. The number of aliphatic hydroxyl groups is 1. The number of halogens is 12. The van der Waals surface area contributed by atoms with Gasteiger partial charge in [-0.2, -0.15) is 39.5 Å². The summed E-state index contributed by atoms with van der Waals surface area (Å²) in [5, 5.41) is 27.1. The van der Waals surface area contributed by atoms with Gasteiger partial charge in [-0.05, 0) is 232 Å². The van der Waals surface area contributed by atoms with Gasteiger partial charge < -0.3 is 48.3 Å². The average molecular weight is 1790 g/mol. The molecule has 11 aromatic rings. The van der Waals surface area contributed by atoms with Gasteiger partial charge in [-0.25, -0.2) is 13.2 Å². The lowest BCUT2D eigenvalue weighted by molar-refractivity contribution is -0.186. The molecule has 14 rings (SSSR count). The van der Waals surface area contributed by atoms with Gasteiger partial charge in [-0.1, -0.05) is 66.8 Å². The molecule has 610 valence electrons. The van der Waals surface area contributed by atoms with Gasteiger partial charge in [0.1, 0.15) is 0 Å². The van der Waals surface area contributed by atoms with Crippen LogP contribution in [0.25, 0.3) is 54.5 Å². The fourth-order valence-electron chi connectivity index (χ4n) is 15.1. The van der Waals surface area contributed by atoms with Crippen molar-refractivity contribution in [1.82, 2.24) is 43.3 Å². The van der Waals surface area contributed by atoms with Gasteiger partial charge >= 0.3 is 24.5 Å². The number of carbonyl (C=O) groups is 2. The standard InChI is InChI=1S/C28H34F3N3O4S.C18H21F3N2O2.C17H20BrF3N2.C11H12BrNO.C9H8BrNO/c1-3-34-23(17-33-13-11-22(12-14-33)28(29,30)31)16-21-15-20(7-10-26(21)34)27(36)32-25(18-35)19-5-8-24(9-6-19)39(37,38)4-2;1-2-23-15(10-13-9-12(17(24)25)3-4-16(13)23)11-22-7-5-14(6-8-22)18(19,20)21;1-2-23-15(10-12-9-14(18)3-4-16(12)23)11-22-7-5-13(6-8-22)17(19,20)21;1-3-13-10-5-4-9(12)6-8(10)7-11(13)14-2;1-12-9-5-6-4-7(10)2-3-8(6)11-9/h5-10,15-16,22,25,35H,3-4,11-14,17-18H2,1-2H3,(H,32,36);3-4,9-10,14H,2,5-8,11H2,1H3,(H,24,25);3-4,9-10,13H,2,5-8,11H2,1H3;4-7H,3H2,1-2H3;2-5,11H,1H3/t25-;;;;/m0..../s1. The maximum Gasteiger partial charge on any atom is 0.391 e. The van der Waals surface area contributed by atoms with Gasteiger partial charge in [0.15, 0.2) is 21.6 Å². The van der Waals surface area contributed by atoms with Gasteiger partial charge in [0.25, 0.3) is 5.91 Å². The van der Waals surface area contributed by atoms with Gasteiger partial charge in [0.2, 0.25) is 0 Å². The Kier molecular flexibility index (Phi) is 29.7. The summed E-state index contributed by atoms with van der Waals surface area (Å²) >= 11 is 10.4. The molecular weight excluding hydrogens is 1690 g/mol. The molecule has 0 saturated carbocycles. The first-order valence-corrected chi connectivity index (χ1v) is 41.7. The number of carbonyl (C=O) groups excluding carboxylic acids is 1. The molecule has 1 atom stereocenters. The molecule has 17 nitrogen and oxygen atoms in total. The maximum absolute atomic E-state index is 13.1. The molecule has 3 aliphatic rings. The molecular formula is C83H95Br3F9N9O8S. The molecule has 6 aromatic carbocycles. The number of fused-ring (bicyclic) bond motifs is 5. The van der Waals surface area contributed by atoms with Gasteiger partial charge in [0.05, 0.1) is 66.4 Å². The Morgan fingerprint density at radius 1 is 0.487 bits per heavy atom. The monoisotopic (exact) mass is 1790 g/mol. The largest absolute Gasteiger partial charge is 0.482 e. The summed E-state index contributed by atoms with van der Waals surface area (Å²) in [7, 11) is 0.000256. The van der Waals surface area contributed by atoms with E-state index in [9.17, 15) is 62.6 Å². The summed E-state index contributed by atoms with van der Waals surface area (Å²) in [6.07, 6.45) is -11.4. The number of nitrogens with zero attached hydrogens (tertiary/aromatic N) is 7. The lowest BCUT2D eigenvalue weighted by atomic mass is 9.96. The van der Waals surface area contributed by atoms with Crippen molar-refractivity contribution in [1.29, 1.82) is 0 Å². The van der Waals surface area contributed by atoms with Crippen LogP contribution in [-0.4, -0.2) is 153 Å². The number of carboxylic acids is 1. The third-order valence-corrected chi connectivity index (χ3v) is 24.6. The molecule has 1 amide bonds. The summed E-state index contributed by atoms with van der Waals surface area (Å²) in [6, 6.07) is 44.3. The Bertz CT molecular complexity index is 5170. The number of aryl methyl sites for hydroxylation is 4. The number of aromatic nitrogens is 5. The van der Waals surface area contributed by atoms with Crippen LogP contribution in [0.15, 0.2) is 164 Å². The highest BCUT2D eigenvalue weighted by Gasteiger charge is 2.43. The van der Waals surface area contributed by atoms with E-state index in [0.29, 0.717) is 76.6 Å². The van der Waals surface area contributed by atoms with Crippen molar-refractivity contribution in [2.45, 2.75) is 148 Å². The summed E-state index contributed by atoms with van der Waals surface area (Å²) in [6.45, 7) is 17.1. The molecule has 113 heavy (non-hydrogen) atoms. The second kappa shape index (κ2) is 38.3. The number of alkyl halides is 9. The van der Waals surface area contributed by atoms with Crippen molar-refractivity contribution in [2.24, 2.45) is 17.8 Å². The Hall–Kier alpha value is -7.84. The molecule has 5 aromatic heterocycles. The average Bonchev–Trinajstić information content (AvgIpc) is 1.66. The number of ether oxygens (including phenoxy) is 2. The molecule has 30 heteroatoms. The van der Waals surface area contributed by atoms with E-state index in [4.69, 9.17) is 14.6 Å². The molecule has 4 N–H and O–H groups in total. The first kappa shape index (κ1) is 87.5. The van der Waals surface area contributed by atoms with Crippen LogP contribution in [0.2, 0.25) is 0 Å². The zero-order valence-electron chi connectivity index (χ0n) is 63.9. The number of methoxy groups -OCH3 is 2. The zero-order valence-corrected chi connectivity index (χ0v) is 69.5. The minimum Gasteiger partial charge on any atom is -0.482 e. The number of sulfone groups is 1. The SMILES string of the molecule is CCn1c(CN2CCC(C(F)(F)F)CC2)cc2cc(Br)ccc21.CCn1c(CN2CCC(C(F)(F)F)CC2)cc2cc(C(=O)N[C@@H](CO)c3ccc(S(=O)(=O)CC)cc3)ccc21.CCn1c(CN2CCC(C(F)(F)F)CC2)cc2cc(C(=O)O)ccc21.CCn1c(OC)cc2cc(Br)ccc21.COc1cc2cc(Br)ccc2[nH]1. The van der Waals surface area contributed by atoms with Crippen LogP contribution in [0, 0.1) is 17.8 Å². The highest BCUT2D eigenvalue weighted by Crippen LogP contribution is 2.39. The molecule has 3 fully saturated rings. The lowest BCUT2D eigenvalue weighted by Crippen LogP contribution is -2.38. The van der Waals surface area contributed by atoms with E-state index in [1.807, 2.05) is 78.2 Å². The van der Waals surface area contributed by atoms with Crippen LogP contribution in [0.4, 0.5) is 39.5 Å². The van der Waals surface area contributed by atoms with Crippen molar-refractivity contribution in [3.8, 4) is 11.8 Å². The molecule has 0 aliphatic carbocycles. The van der Waals surface area contributed by atoms with Crippen LogP contribution >= 0.6 is 47.8 Å². The van der Waals surface area contributed by atoms with E-state index >= 15 is 0 Å². The van der Waals surface area contributed by atoms with E-state index in [-0.39, 0.29) is 67.3 Å². The smallest absolute Gasteiger partial charge is 0.391 e. The summed E-state index contributed by atoms with van der Waals surface area (Å²) in [5.74, 6) is -3.23. The maximum atomic E-state index is 13.1. The minimum absolute atomic E-state index is 0.0208. The fourth-order valence-corrected chi connectivity index (χ4v) is 17.2. The third kappa shape index (κ3) is 22.0.